The summed E-state index contributed by atoms with van der Waals surface area (Å²) in [6.07, 6.45) is 2.30. The fraction of sp³-hybridized carbons (Fsp3) is 0.444. The van der Waals surface area contributed by atoms with Crippen molar-refractivity contribution in [3.05, 3.63) is 59.7 Å². The Labute approximate surface area is 201 Å². The van der Waals surface area contributed by atoms with Gasteiger partial charge in [0.2, 0.25) is 11.8 Å². The van der Waals surface area contributed by atoms with E-state index < -0.39 is 0 Å². The largest absolute Gasteiger partial charge is 0.484 e. The SMILES string of the molecule is CC(C)c1ccc(CNC(=O)[C@@H]2CC(=O)N(c3ccc(OCC(=O)N4CCCC4)cc3)C2)cc1. The van der Waals surface area contributed by atoms with Gasteiger partial charge in [-0.15, -0.1) is 0 Å². The number of amides is 3. The summed E-state index contributed by atoms with van der Waals surface area (Å²) in [7, 11) is 0. The van der Waals surface area contributed by atoms with Crippen molar-refractivity contribution in [2.24, 2.45) is 5.92 Å². The lowest BCUT2D eigenvalue weighted by Gasteiger charge is -2.18. The predicted molar refractivity (Wildman–Crippen MR) is 131 cm³/mol. The molecule has 2 heterocycles. The van der Waals surface area contributed by atoms with E-state index in [2.05, 4.69) is 31.3 Å². The highest BCUT2D eigenvalue weighted by Gasteiger charge is 2.35. The number of carbonyl (C=O) groups is 3. The summed E-state index contributed by atoms with van der Waals surface area (Å²) in [5, 5.41) is 2.97. The van der Waals surface area contributed by atoms with Crippen LogP contribution in [0.2, 0.25) is 0 Å². The van der Waals surface area contributed by atoms with Crippen molar-refractivity contribution in [3.63, 3.8) is 0 Å². The molecule has 7 heteroatoms. The summed E-state index contributed by atoms with van der Waals surface area (Å²) in [6, 6.07) is 15.3. The molecule has 2 aromatic rings. The zero-order valence-electron chi connectivity index (χ0n) is 20.0. The molecule has 0 saturated carbocycles. The van der Waals surface area contributed by atoms with E-state index >= 15 is 0 Å². The van der Waals surface area contributed by atoms with E-state index in [0.717, 1.165) is 37.2 Å². The molecular formula is C27H33N3O4. The fourth-order valence-electron chi connectivity index (χ4n) is 4.41. The number of anilines is 1. The summed E-state index contributed by atoms with van der Waals surface area (Å²) in [6.45, 7) is 6.72. The summed E-state index contributed by atoms with van der Waals surface area (Å²) < 4.78 is 5.62. The van der Waals surface area contributed by atoms with Crippen LogP contribution in [0.1, 0.15) is 50.2 Å². The normalized spacial score (nSPS) is 18.0. The molecule has 4 rings (SSSR count). The number of nitrogens with one attached hydrogen (secondary N) is 1. The zero-order chi connectivity index (χ0) is 24.1. The van der Waals surface area contributed by atoms with Crippen LogP contribution in [0.5, 0.6) is 5.75 Å². The number of carbonyl (C=O) groups excluding carboxylic acids is 3. The lowest BCUT2D eigenvalue weighted by Crippen LogP contribution is -2.32. The number of ether oxygens (including phenoxy) is 1. The molecule has 7 nitrogen and oxygen atoms in total. The van der Waals surface area contributed by atoms with Crippen LogP contribution >= 0.6 is 0 Å². The molecule has 3 amide bonds. The van der Waals surface area contributed by atoms with E-state index in [1.54, 1.807) is 29.2 Å². The van der Waals surface area contributed by atoms with E-state index in [9.17, 15) is 14.4 Å². The first-order valence-corrected chi connectivity index (χ1v) is 12.1. The minimum atomic E-state index is -0.378. The van der Waals surface area contributed by atoms with Crippen LogP contribution in [0.3, 0.4) is 0 Å². The lowest BCUT2D eigenvalue weighted by molar-refractivity contribution is -0.132. The highest BCUT2D eigenvalue weighted by Crippen LogP contribution is 2.27. The molecule has 180 valence electrons. The minimum Gasteiger partial charge on any atom is -0.484 e. The second-order valence-corrected chi connectivity index (χ2v) is 9.39. The molecule has 0 aromatic heterocycles. The first kappa shape index (κ1) is 23.8. The van der Waals surface area contributed by atoms with Crippen molar-refractivity contribution in [1.82, 2.24) is 10.2 Å². The summed E-state index contributed by atoms with van der Waals surface area (Å²) >= 11 is 0. The van der Waals surface area contributed by atoms with Crippen LogP contribution in [0.4, 0.5) is 5.69 Å². The lowest BCUT2D eigenvalue weighted by atomic mass is 10.0. The Hall–Kier alpha value is -3.35. The summed E-state index contributed by atoms with van der Waals surface area (Å²) in [5.74, 6) is 0.499. The van der Waals surface area contributed by atoms with Crippen LogP contribution in [0, 0.1) is 5.92 Å². The molecule has 34 heavy (non-hydrogen) atoms. The maximum absolute atomic E-state index is 12.7. The first-order chi connectivity index (χ1) is 16.4. The van der Waals surface area contributed by atoms with Gasteiger partial charge < -0.3 is 19.9 Å². The van der Waals surface area contributed by atoms with Gasteiger partial charge in [0.15, 0.2) is 6.61 Å². The van der Waals surface area contributed by atoms with E-state index in [1.165, 1.54) is 5.56 Å². The summed E-state index contributed by atoms with van der Waals surface area (Å²) in [4.78, 5) is 40.9. The molecular weight excluding hydrogens is 430 g/mol. The van der Waals surface area contributed by atoms with Crippen LogP contribution in [0.25, 0.3) is 0 Å². The van der Waals surface area contributed by atoms with Gasteiger partial charge in [0, 0.05) is 38.3 Å². The Balaban J connectivity index is 1.26. The Kier molecular flexibility index (Phi) is 7.50. The van der Waals surface area contributed by atoms with Crippen molar-refractivity contribution in [3.8, 4) is 5.75 Å². The molecule has 2 aliphatic heterocycles. The van der Waals surface area contributed by atoms with Crippen molar-refractivity contribution in [1.29, 1.82) is 0 Å². The Morgan fingerprint density at radius 3 is 2.35 bits per heavy atom. The Morgan fingerprint density at radius 2 is 1.71 bits per heavy atom. The van der Waals surface area contributed by atoms with Crippen LogP contribution in [-0.4, -0.2) is 48.9 Å². The van der Waals surface area contributed by atoms with Crippen LogP contribution in [0.15, 0.2) is 48.5 Å². The standard InChI is InChI=1S/C27H33N3O4/c1-19(2)21-7-5-20(6-8-21)16-28-27(33)22-15-25(31)30(17-22)23-9-11-24(12-10-23)34-18-26(32)29-13-3-4-14-29/h5-12,19,22H,3-4,13-18H2,1-2H3,(H,28,33)/t22-/m1/s1. The van der Waals surface area contributed by atoms with Gasteiger partial charge in [0.25, 0.3) is 5.91 Å². The fourth-order valence-corrected chi connectivity index (χ4v) is 4.41. The van der Waals surface area contributed by atoms with Gasteiger partial charge >= 0.3 is 0 Å². The number of rotatable bonds is 8. The smallest absolute Gasteiger partial charge is 0.260 e. The molecule has 0 unspecified atom stereocenters. The maximum Gasteiger partial charge on any atom is 0.260 e. The Bertz CT molecular complexity index is 1010. The van der Waals surface area contributed by atoms with Crippen molar-refractivity contribution in [2.45, 2.75) is 45.6 Å². The van der Waals surface area contributed by atoms with Crippen molar-refractivity contribution < 1.29 is 19.1 Å². The number of likely N-dealkylation sites (tertiary alicyclic amines) is 1. The van der Waals surface area contributed by atoms with Gasteiger partial charge in [0.05, 0.1) is 5.92 Å². The van der Waals surface area contributed by atoms with Crippen molar-refractivity contribution >= 4 is 23.4 Å². The van der Waals surface area contributed by atoms with Gasteiger partial charge in [-0.1, -0.05) is 38.1 Å². The number of hydrogen-bond donors (Lipinski definition) is 1. The van der Waals surface area contributed by atoms with E-state index in [0.29, 0.717) is 24.8 Å². The average Bonchev–Trinajstić information content (AvgIpc) is 3.52. The van der Waals surface area contributed by atoms with E-state index in [1.807, 2.05) is 17.0 Å². The third-order valence-electron chi connectivity index (χ3n) is 6.58. The van der Waals surface area contributed by atoms with Crippen LogP contribution in [-0.2, 0) is 20.9 Å². The molecule has 1 atom stereocenters. The maximum atomic E-state index is 12.7. The second kappa shape index (κ2) is 10.7. The quantitative estimate of drug-likeness (QED) is 0.650. The highest BCUT2D eigenvalue weighted by molar-refractivity contribution is 6.00. The molecule has 0 aliphatic carbocycles. The van der Waals surface area contributed by atoms with Gasteiger partial charge in [-0.05, 0) is 54.2 Å². The number of nitrogens with zero attached hydrogens (tertiary/aromatic N) is 2. The monoisotopic (exact) mass is 463 g/mol. The van der Waals surface area contributed by atoms with E-state index in [4.69, 9.17) is 4.74 Å². The molecule has 0 bridgehead atoms. The third kappa shape index (κ3) is 5.76. The second-order valence-electron chi connectivity index (χ2n) is 9.39. The molecule has 2 aromatic carbocycles. The van der Waals surface area contributed by atoms with Crippen LogP contribution < -0.4 is 15.0 Å². The summed E-state index contributed by atoms with van der Waals surface area (Å²) in [5.41, 5.74) is 3.03. The first-order valence-electron chi connectivity index (χ1n) is 12.1. The molecule has 2 fully saturated rings. The third-order valence-corrected chi connectivity index (χ3v) is 6.58. The van der Waals surface area contributed by atoms with E-state index in [-0.39, 0.29) is 36.7 Å². The van der Waals surface area contributed by atoms with Gasteiger partial charge in [-0.25, -0.2) is 0 Å². The minimum absolute atomic E-state index is 0.000941. The predicted octanol–water partition coefficient (Wildman–Crippen LogP) is 3.48. The number of benzene rings is 2. The van der Waals surface area contributed by atoms with Gasteiger partial charge in [-0.2, -0.15) is 0 Å². The van der Waals surface area contributed by atoms with Gasteiger partial charge in [0.1, 0.15) is 5.75 Å². The zero-order valence-corrected chi connectivity index (χ0v) is 20.0. The van der Waals surface area contributed by atoms with Gasteiger partial charge in [-0.3, -0.25) is 14.4 Å². The molecule has 2 saturated heterocycles. The number of hydrogen-bond acceptors (Lipinski definition) is 4. The highest BCUT2D eigenvalue weighted by atomic mass is 16.5. The topological polar surface area (TPSA) is 79.0 Å². The Morgan fingerprint density at radius 1 is 1.03 bits per heavy atom. The average molecular weight is 464 g/mol. The molecule has 0 radical (unpaired) electrons. The molecule has 1 N–H and O–H groups in total. The molecule has 2 aliphatic rings. The van der Waals surface area contributed by atoms with Crippen molar-refractivity contribution in [2.75, 3.05) is 31.1 Å². The molecule has 0 spiro atoms.